The van der Waals surface area contributed by atoms with Gasteiger partial charge in [-0.05, 0) is 6.07 Å². The fraction of sp³-hybridized carbons (Fsp3) is 0.0769. The van der Waals surface area contributed by atoms with Crippen molar-refractivity contribution in [2.24, 2.45) is 0 Å². The highest BCUT2D eigenvalue weighted by molar-refractivity contribution is 6.56. The Hall–Kier alpha value is -0.910. The molecule has 0 fully saturated rings. The first-order valence-electron chi connectivity index (χ1n) is 5.65. The number of hydrogen-bond acceptors (Lipinski definition) is 4. The lowest BCUT2D eigenvalue weighted by atomic mass is 10.0. The van der Waals surface area contributed by atoms with Crippen molar-refractivity contribution in [2.45, 2.75) is 0 Å². The molecule has 1 heterocycles. The largest absolute Gasteiger partial charge is 0.465 e. The lowest BCUT2D eigenvalue weighted by molar-refractivity contribution is 0.0600. The lowest BCUT2D eigenvalue weighted by Crippen LogP contribution is -2.05. The van der Waals surface area contributed by atoms with E-state index < -0.39 is 5.97 Å². The van der Waals surface area contributed by atoms with Gasteiger partial charge in [0.2, 0.25) is 0 Å². The molecule has 2 aromatic rings. The summed E-state index contributed by atoms with van der Waals surface area (Å²) in [6.07, 6.45) is 1.27. The van der Waals surface area contributed by atoms with Gasteiger partial charge in [-0.25, -0.2) is 9.78 Å². The summed E-state index contributed by atoms with van der Waals surface area (Å²) in [5.74, 6) is -0.502. The maximum Gasteiger partial charge on any atom is 0.339 e. The zero-order valence-corrected chi connectivity index (χ0v) is 14.7. The Morgan fingerprint density at radius 1 is 1.05 bits per heavy atom. The van der Waals surface area contributed by atoms with Gasteiger partial charge in [-0.2, -0.15) is 0 Å². The van der Waals surface area contributed by atoms with Gasteiger partial charge in [-0.1, -0.05) is 58.0 Å². The van der Waals surface area contributed by atoms with Crippen LogP contribution >= 0.6 is 58.0 Å². The van der Waals surface area contributed by atoms with Gasteiger partial charge in [0.15, 0.2) is 0 Å². The number of esters is 1. The van der Waals surface area contributed by atoms with Crippen molar-refractivity contribution in [3.63, 3.8) is 0 Å². The molecule has 0 amide bonds. The molecule has 0 saturated carbocycles. The molecular formula is C13H7Cl5N2O2. The van der Waals surface area contributed by atoms with Crippen molar-refractivity contribution < 1.29 is 9.53 Å². The number of nitrogens with zero attached hydrogens (tertiary/aromatic N) is 1. The van der Waals surface area contributed by atoms with E-state index in [0.29, 0.717) is 5.56 Å². The molecule has 9 heteroatoms. The molecule has 0 spiro atoms. The van der Waals surface area contributed by atoms with Gasteiger partial charge in [-0.15, -0.1) is 0 Å². The Morgan fingerprint density at radius 3 is 2.05 bits per heavy atom. The molecule has 0 saturated heterocycles. The first-order valence-corrected chi connectivity index (χ1v) is 7.54. The van der Waals surface area contributed by atoms with Gasteiger partial charge in [-0.3, -0.25) is 0 Å². The van der Waals surface area contributed by atoms with Crippen LogP contribution in [0.2, 0.25) is 25.1 Å². The number of rotatable bonds is 2. The number of aromatic nitrogens is 1. The molecule has 1 aromatic heterocycles. The number of ether oxygens (including phenoxy) is 1. The first kappa shape index (κ1) is 17.4. The van der Waals surface area contributed by atoms with Gasteiger partial charge in [0.1, 0.15) is 5.82 Å². The number of anilines is 1. The van der Waals surface area contributed by atoms with E-state index in [-0.39, 0.29) is 42.1 Å². The topological polar surface area (TPSA) is 65.2 Å². The summed E-state index contributed by atoms with van der Waals surface area (Å²) >= 11 is 30.4. The molecule has 116 valence electrons. The van der Waals surface area contributed by atoms with E-state index >= 15 is 0 Å². The van der Waals surface area contributed by atoms with E-state index in [0.717, 1.165) is 0 Å². The van der Waals surface area contributed by atoms with Crippen molar-refractivity contribution in [3.8, 4) is 11.1 Å². The second-order valence-corrected chi connectivity index (χ2v) is 5.98. The summed E-state index contributed by atoms with van der Waals surface area (Å²) in [6, 6.07) is 1.43. The number of hydrogen-bond donors (Lipinski definition) is 1. The molecule has 0 unspecified atom stereocenters. The van der Waals surface area contributed by atoms with Crippen LogP contribution in [0.15, 0.2) is 12.3 Å². The predicted molar refractivity (Wildman–Crippen MR) is 90.5 cm³/mol. The van der Waals surface area contributed by atoms with Crippen molar-refractivity contribution in [2.75, 3.05) is 12.8 Å². The first-order chi connectivity index (χ1) is 10.3. The van der Waals surface area contributed by atoms with E-state index in [1.807, 2.05) is 0 Å². The van der Waals surface area contributed by atoms with Crippen LogP contribution in [0, 0.1) is 0 Å². The zero-order valence-electron chi connectivity index (χ0n) is 10.9. The molecule has 2 N–H and O–H groups in total. The SMILES string of the molecule is COC(=O)c1cnc(N)c(-c2c(Cl)c(Cl)c(Cl)c(Cl)c2Cl)c1. The summed E-state index contributed by atoms with van der Waals surface area (Å²) < 4.78 is 4.64. The number of carbonyl (C=O) groups excluding carboxylic acids is 1. The highest BCUT2D eigenvalue weighted by atomic mass is 35.5. The van der Waals surface area contributed by atoms with Gasteiger partial charge < -0.3 is 10.5 Å². The smallest absolute Gasteiger partial charge is 0.339 e. The molecule has 1 aromatic carbocycles. The second-order valence-electron chi connectivity index (χ2n) is 4.09. The van der Waals surface area contributed by atoms with E-state index in [1.165, 1.54) is 19.4 Å². The Bertz CT molecular complexity index is 751. The van der Waals surface area contributed by atoms with Crippen molar-refractivity contribution >= 4 is 69.8 Å². The van der Waals surface area contributed by atoms with E-state index in [2.05, 4.69) is 9.72 Å². The number of nitrogen functional groups attached to an aromatic ring is 1. The molecule has 0 atom stereocenters. The Balaban J connectivity index is 2.80. The minimum absolute atomic E-state index is 0.0237. The highest BCUT2D eigenvalue weighted by Crippen LogP contribution is 2.49. The fourth-order valence-corrected chi connectivity index (χ4v) is 3.09. The third kappa shape index (κ3) is 2.94. The van der Waals surface area contributed by atoms with E-state index in [1.54, 1.807) is 0 Å². The normalized spacial score (nSPS) is 10.6. The van der Waals surface area contributed by atoms with Crippen LogP contribution in [-0.4, -0.2) is 18.1 Å². The Morgan fingerprint density at radius 2 is 1.55 bits per heavy atom. The van der Waals surface area contributed by atoms with Crippen molar-refractivity contribution in [1.29, 1.82) is 0 Å². The van der Waals surface area contributed by atoms with Gasteiger partial charge in [0, 0.05) is 17.3 Å². The number of carbonyl (C=O) groups is 1. The summed E-state index contributed by atoms with van der Waals surface area (Å²) in [7, 11) is 1.24. The number of benzene rings is 1. The Labute approximate surface area is 151 Å². The average Bonchev–Trinajstić information content (AvgIpc) is 2.52. The summed E-state index contributed by atoms with van der Waals surface area (Å²) in [6.45, 7) is 0. The molecule has 0 radical (unpaired) electrons. The third-order valence-corrected chi connectivity index (χ3v) is 5.10. The number of nitrogens with two attached hydrogens (primary N) is 1. The van der Waals surface area contributed by atoms with Crippen LogP contribution < -0.4 is 5.73 Å². The number of pyridine rings is 1. The number of methoxy groups -OCH3 is 1. The van der Waals surface area contributed by atoms with Crippen molar-refractivity contribution in [3.05, 3.63) is 42.9 Å². The Kier molecular flexibility index (Phi) is 5.30. The minimum atomic E-state index is -0.591. The van der Waals surface area contributed by atoms with Crippen LogP contribution in [0.4, 0.5) is 5.82 Å². The van der Waals surface area contributed by atoms with Gasteiger partial charge in [0.05, 0.1) is 37.8 Å². The zero-order chi connectivity index (χ0) is 16.6. The van der Waals surface area contributed by atoms with E-state index in [9.17, 15) is 4.79 Å². The van der Waals surface area contributed by atoms with Crippen LogP contribution in [-0.2, 0) is 4.74 Å². The predicted octanol–water partition coefficient (Wildman–Crippen LogP) is 5.38. The maximum atomic E-state index is 11.6. The molecule has 0 aliphatic heterocycles. The van der Waals surface area contributed by atoms with Crippen molar-refractivity contribution in [1.82, 2.24) is 4.98 Å². The van der Waals surface area contributed by atoms with Crippen LogP contribution in [0.5, 0.6) is 0 Å². The summed E-state index contributed by atoms with van der Waals surface area (Å²) in [5, 5.41) is 0.178. The minimum Gasteiger partial charge on any atom is -0.465 e. The third-order valence-electron chi connectivity index (χ3n) is 2.82. The van der Waals surface area contributed by atoms with E-state index in [4.69, 9.17) is 63.7 Å². The van der Waals surface area contributed by atoms with Crippen LogP contribution in [0.1, 0.15) is 10.4 Å². The molecule has 22 heavy (non-hydrogen) atoms. The van der Waals surface area contributed by atoms with Gasteiger partial charge in [0.25, 0.3) is 0 Å². The maximum absolute atomic E-state index is 11.6. The second kappa shape index (κ2) is 6.69. The molecular weight excluding hydrogens is 393 g/mol. The summed E-state index contributed by atoms with van der Waals surface area (Å²) in [4.78, 5) is 15.6. The lowest BCUT2D eigenvalue weighted by Gasteiger charge is -2.14. The average molecular weight is 400 g/mol. The summed E-state index contributed by atoms with van der Waals surface area (Å²) in [5.41, 5.74) is 6.53. The molecule has 4 nitrogen and oxygen atoms in total. The standard InChI is InChI=1S/C13H7Cl5N2O2/c1-22-13(21)4-2-5(12(19)20-3-4)6-7(14)9(16)11(18)10(17)8(6)15/h2-3H,1H3,(H2,19,20). The fourth-order valence-electron chi connectivity index (χ4n) is 1.75. The molecule has 0 aliphatic carbocycles. The quantitative estimate of drug-likeness (QED) is 0.417. The van der Waals surface area contributed by atoms with Crippen LogP contribution in [0.25, 0.3) is 11.1 Å². The highest BCUT2D eigenvalue weighted by Gasteiger charge is 2.23. The van der Waals surface area contributed by atoms with Crippen LogP contribution in [0.3, 0.4) is 0 Å². The molecule has 0 bridgehead atoms. The number of halogens is 5. The van der Waals surface area contributed by atoms with Gasteiger partial charge >= 0.3 is 5.97 Å². The molecule has 0 aliphatic rings. The monoisotopic (exact) mass is 398 g/mol. The molecule has 2 rings (SSSR count).